The number of thiophene rings is 1. The van der Waals surface area contributed by atoms with E-state index < -0.39 is 5.97 Å². The number of pyridine rings is 1. The van der Waals surface area contributed by atoms with Gasteiger partial charge in [0.1, 0.15) is 15.5 Å². The molecule has 0 spiro atoms. The molecule has 1 aliphatic rings. The first-order valence-corrected chi connectivity index (χ1v) is 10.9. The van der Waals surface area contributed by atoms with Crippen molar-refractivity contribution in [2.24, 2.45) is 0 Å². The van der Waals surface area contributed by atoms with Gasteiger partial charge in [0.05, 0.1) is 5.39 Å². The number of carbonyl (C=O) groups is 1. The molecule has 5 heterocycles. The predicted octanol–water partition coefficient (Wildman–Crippen LogP) is 3.29. The van der Waals surface area contributed by atoms with Crippen molar-refractivity contribution in [2.45, 2.75) is 45.8 Å². The van der Waals surface area contributed by atoms with Gasteiger partial charge >= 0.3 is 5.97 Å². The number of aryl methyl sites for hydroxylation is 2. The third-order valence-electron chi connectivity index (χ3n) is 5.31. The molecule has 10 heteroatoms. The number of rotatable bonds is 4. The zero-order chi connectivity index (χ0) is 21.4. The molecule has 4 aromatic rings. The SMILES string of the molecule is Cc1c(C(=O)OCc2nc(-c3cccnc3)no2)sc2nc3n(c(=O)c12)CCCCC3. The summed E-state index contributed by atoms with van der Waals surface area (Å²) in [6, 6.07) is 3.58. The van der Waals surface area contributed by atoms with Crippen molar-refractivity contribution >= 4 is 27.5 Å². The van der Waals surface area contributed by atoms with Crippen LogP contribution in [-0.4, -0.2) is 30.6 Å². The second-order valence-corrected chi connectivity index (χ2v) is 8.36. The minimum absolute atomic E-state index is 0.0762. The van der Waals surface area contributed by atoms with E-state index in [-0.39, 0.29) is 18.1 Å². The molecule has 4 aromatic heterocycles. The number of ether oxygens (including phenoxy) is 1. The minimum atomic E-state index is -0.541. The number of hydrogen-bond donors (Lipinski definition) is 0. The lowest BCUT2D eigenvalue weighted by Gasteiger charge is -2.08. The molecule has 0 aliphatic carbocycles. The summed E-state index contributed by atoms with van der Waals surface area (Å²) in [5, 5.41) is 4.38. The Hall–Kier alpha value is -3.40. The number of esters is 1. The lowest BCUT2D eigenvalue weighted by molar-refractivity contribution is 0.0435. The fourth-order valence-electron chi connectivity index (χ4n) is 3.72. The zero-order valence-electron chi connectivity index (χ0n) is 16.8. The van der Waals surface area contributed by atoms with Crippen molar-refractivity contribution in [2.75, 3.05) is 0 Å². The molecule has 0 N–H and O–H groups in total. The van der Waals surface area contributed by atoms with Gasteiger partial charge in [0.2, 0.25) is 5.82 Å². The summed E-state index contributed by atoms with van der Waals surface area (Å²) in [5.41, 5.74) is 1.23. The van der Waals surface area contributed by atoms with Crippen LogP contribution in [0.5, 0.6) is 0 Å². The number of carbonyl (C=O) groups excluding carboxylic acids is 1. The van der Waals surface area contributed by atoms with Crippen LogP contribution in [0.15, 0.2) is 33.8 Å². The number of nitrogens with zero attached hydrogens (tertiary/aromatic N) is 5. The molecule has 158 valence electrons. The molecule has 0 atom stereocenters. The van der Waals surface area contributed by atoms with Gasteiger partial charge in [-0.15, -0.1) is 11.3 Å². The quantitative estimate of drug-likeness (QED) is 0.447. The van der Waals surface area contributed by atoms with E-state index in [2.05, 4.69) is 20.1 Å². The van der Waals surface area contributed by atoms with Gasteiger partial charge in [0, 0.05) is 30.9 Å². The second kappa shape index (κ2) is 8.03. The average molecular weight is 437 g/mol. The van der Waals surface area contributed by atoms with Crippen LogP contribution in [-0.2, 0) is 24.3 Å². The Morgan fingerprint density at radius 3 is 3.03 bits per heavy atom. The van der Waals surface area contributed by atoms with E-state index in [9.17, 15) is 9.59 Å². The molecule has 1 aliphatic heterocycles. The van der Waals surface area contributed by atoms with E-state index >= 15 is 0 Å². The van der Waals surface area contributed by atoms with Crippen LogP contribution in [0.1, 0.15) is 46.2 Å². The van der Waals surface area contributed by atoms with Crippen LogP contribution in [0.4, 0.5) is 0 Å². The first-order valence-electron chi connectivity index (χ1n) is 10.0. The molecule has 0 radical (unpaired) electrons. The van der Waals surface area contributed by atoms with Crippen molar-refractivity contribution in [3.63, 3.8) is 0 Å². The van der Waals surface area contributed by atoms with Gasteiger partial charge in [-0.25, -0.2) is 9.78 Å². The molecule has 0 fully saturated rings. The Bertz CT molecular complexity index is 1330. The Morgan fingerprint density at radius 2 is 2.19 bits per heavy atom. The Balaban J connectivity index is 1.38. The fraction of sp³-hybridized carbons (Fsp3) is 0.333. The summed E-state index contributed by atoms with van der Waals surface area (Å²) in [4.78, 5) is 39.6. The van der Waals surface area contributed by atoms with E-state index in [1.54, 1.807) is 36.0 Å². The summed E-state index contributed by atoms with van der Waals surface area (Å²) in [6.07, 6.45) is 7.11. The molecular weight excluding hydrogens is 418 g/mol. The molecule has 0 unspecified atom stereocenters. The molecule has 0 bridgehead atoms. The molecule has 0 amide bonds. The predicted molar refractivity (Wildman–Crippen MR) is 113 cm³/mol. The largest absolute Gasteiger partial charge is 0.451 e. The van der Waals surface area contributed by atoms with Gasteiger partial charge < -0.3 is 9.26 Å². The number of hydrogen-bond acceptors (Lipinski definition) is 9. The van der Waals surface area contributed by atoms with Crippen molar-refractivity contribution < 1.29 is 14.1 Å². The number of aromatic nitrogens is 5. The van der Waals surface area contributed by atoms with Crippen LogP contribution in [0, 0.1) is 6.92 Å². The second-order valence-electron chi connectivity index (χ2n) is 7.36. The lowest BCUT2D eigenvalue weighted by Crippen LogP contribution is -2.24. The van der Waals surface area contributed by atoms with Gasteiger partial charge in [-0.3, -0.25) is 14.3 Å². The highest BCUT2D eigenvalue weighted by atomic mass is 32.1. The summed E-state index contributed by atoms with van der Waals surface area (Å²) in [6.45, 7) is 2.26. The van der Waals surface area contributed by atoms with Gasteiger partial charge in [-0.05, 0) is 37.5 Å². The van der Waals surface area contributed by atoms with Gasteiger partial charge in [-0.2, -0.15) is 4.98 Å². The smallest absolute Gasteiger partial charge is 0.349 e. The fourth-order valence-corrected chi connectivity index (χ4v) is 4.81. The van der Waals surface area contributed by atoms with E-state index in [0.29, 0.717) is 38.6 Å². The molecule has 31 heavy (non-hydrogen) atoms. The molecule has 9 nitrogen and oxygen atoms in total. The highest BCUT2D eigenvalue weighted by Crippen LogP contribution is 2.29. The van der Waals surface area contributed by atoms with Gasteiger partial charge in [0.25, 0.3) is 11.4 Å². The Labute approximate surface area is 180 Å². The van der Waals surface area contributed by atoms with Gasteiger partial charge in [0.15, 0.2) is 6.61 Å². The van der Waals surface area contributed by atoms with E-state index in [4.69, 9.17) is 9.26 Å². The van der Waals surface area contributed by atoms with E-state index in [1.165, 1.54) is 11.3 Å². The summed E-state index contributed by atoms with van der Waals surface area (Å²) >= 11 is 1.19. The third-order valence-corrected chi connectivity index (χ3v) is 6.48. The van der Waals surface area contributed by atoms with Gasteiger partial charge in [-0.1, -0.05) is 11.6 Å². The standard InChI is InChI=1S/C21H19N5O4S/c1-12-16-19(23-14-7-3-2-4-9-26(14)20(16)27)31-17(12)21(28)29-11-15-24-18(25-30-15)13-6-5-8-22-10-13/h5-6,8,10H,2-4,7,9,11H2,1H3. The van der Waals surface area contributed by atoms with Crippen LogP contribution < -0.4 is 5.56 Å². The highest BCUT2D eigenvalue weighted by Gasteiger charge is 2.23. The summed E-state index contributed by atoms with van der Waals surface area (Å²) < 4.78 is 12.3. The zero-order valence-corrected chi connectivity index (χ0v) is 17.6. The molecular formula is C21H19N5O4S. The normalized spacial score (nSPS) is 13.7. The monoisotopic (exact) mass is 437 g/mol. The topological polar surface area (TPSA) is 113 Å². The van der Waals surface area contributed by atoms with Crippen molar-refractivity contribution in [1.29, 1.82) is 0 Å². The average Bonchev–Trinajstić information content (AvgIpc) is 3.30. The van der Waals surface area contributed by atoms with Crippen molar-refractivity contribution in [3.8, 4) is 11.4 Å². The summed E-state index contributed by atoms with van der Waals surface area (Å²) in [7, 11) is 0. The van der Waals surface area contributed by atoms with Crippen LogP contribution in [0.25, 0.3) is 21.6 Å². The van der Waals surface area contributed by atoms with E-state index in [1.807, 2.05) is 0 Å². The van der Waals surface area contributed by atoms with E-state index in [0.717, 1.165) is 31.5 Å². The third kappa shape index (κ3) is 3.63. The molecule has 0 saturated heterocycles. The maximum Gasteiger partial charge on any atom is 0.349 e. The first-order chi connectivity index (χ1) is 15.1. The molecule has 0 aromatic carbocycles. The molecule has 5 rings (SSSR count). The number of fused-ring (bicyclic) bond motifs is 2. The van der Waals surface area contributed by atoms with Crippen molar-refractivity contribution in [1.82, 2.24) is 24.7 Å². The maximum atomic E-state index is 13.0. The summed E-state index contributed by atoms with van der Waals surface area (Å²) in [5.74, 6) is 0.804. The maximum absolute atomic E-state index is 13.0. The Morgan fingerprint density at radius 1 is 1.29 bits per heavy atom. The van der Waals surface area contributed by atoms with Crippen LogP contribution in [0.3, 0.4) is 0 Å². The highest BCUT2D eigenvalue weighted by molar-refractivity contribution is 7.20. The Kier molecular flexibility index (Phi) is 5.06. The molecule has 0 saturated carbocycles. The lowest BCUT2D eigenvalue weighted by atomic mass is 10.2. The first kappa shape index (κ1) is 19.6. The van der Waals surface area contributed by atoms with Crippen LogP contribution >= 0.6 is 11.3 Å². The minimum Gasteiger partial charge on any atom is -0.451 e. The van der Waals surface area contributed by atoms with Crippen molar-refractivity contribution in [3.05, 3.63) is 57.0 Å². The van der Waals surface area contributed by atoms with Crippen LogP contribution in [0.2, 0.25) is 0 Å².